The molecule has 0 amide bonds. The van der Waals surface area contributed by atoms with Crippen molar-refractivity contribution >= 4 is 81.0 Å². The molecule has 0 spiro atoms. The Hall–Kier alpha value is 3.45. The van der Waals surface area contributed by atoms with Gasteiger partial charge in [-0.15, -0.1) is 0 Å². The van der Waals surface area contributed by atoms with Crippen LogP contribution in [0.2, 0.25) is 0 Å². The van der Waals surface area contributed by atoms with Crippen molar-refractivity contribution in [3.05, 3.63) is 0 Å². The number of hydrogen-bond acceptors (Lipinski definition) is 1. The Morgan fingerprint density at radius 2 is 1.53 bits per heavy atom. The van der Waals surface area contributed by atoms with E-state index in [1.165, 1.54) is 13.6 Å². The van der Waals surface area contributed by atoms with Gasteiger partial charge in [-0.3, -0.25) is 0 Å². The third-order valence-corrected chi connectivity index (χ3v) is 134. The molecule has 0 aliphatic carbocycles. The van der Waals surface area contributed by atoms with E-state index < -0.39 is 0 Å². The van der Waals surface area contributed by atoms with Crippen LogP contribution in [0.4, 0.5) is 0 Å². The summed E-state index contributed by atoms with van der Waals surface area (Å²) in [7, 11) is 0. The van der Waals surface area contributed by atoms with Gasteiger partial charge >= 0.3 is 125 Å². The molecule has 0 aromatic carbocycles. The SMILES string of the molecule is CC(C)N(C(C)C)p1[se]p2[se]p1[se]p2I. The fourth-order valence-electron chi connectivity index (χ4n) is 1.51. The maximum absolute atomic E-state index is 2.94. The van der Waals surface area contributed by atoms with Crippen LogP contribution >= 0.6 is 40.2 Å². The van der Waals surface area contributed by atoms with E-state index >= 15 is 0 Å². The quantitative estimate of drug-likeness (QED) is 0.374. The van der Waals surface area contributed by atoms with Crippen LogP contribution in [0.15, 0.2) is 0 Å². The summed E-state index contributed by atoms with van der Waals surface area (Å²) in [6, 6.07) is 2.05. The van der Waals surface area contributed by atoms with Crippen molar-refractivity contribution < 1.29 is 0 Å². The predicted octanol–water partition coefficient (Wildman–Crippen LogP) is 4.63. The van der Waals surface area contributed by atoms with E-state index in [0.29, 0.717) is 18.2 Å². The van der Waals surface area contributed by atoms with Crippen LogP contribution in [0.1, 0.15) is 27.7 Å². The molecule has 0 saturated carbocycles. The first kappa shape index (κ1) is 14.8. The van der Waals surface area contributed by atoms with E-state index in [9.17, 15) is 0 Å². The molecule has 0 N–H and O–H groups in total. The summed E-state index contributed by atoms with van der Waals surface area (Å²) < 4.78 is 4.83. The Labute approximate surface area is 124 Å². The molecule has 15 heavy (non-hydrogen) atoms. The van der Waals surface area contributed by atoms with Gasteiger partial charge < -0.3 is 0 Å². The second kappa shape index (κ2) is 6.27. The third-order valence-electron chi connectivity index (χ3n) is 1.94. The van der Waals surface area contributed by atoms with E-state index in [4.69, 9.17) is 0 Å². The van der Waals surface area contributed by atoms with Crippen molar-refractivity contribution in [3.63, 3.8) is 0 Å². The Kier molecular flexibility index (Phi) is 6.20. The summed E-state index contributed by atoms with van der Waals surface area (Å²) in [5.74, 6) is 0. The molecule has 88 valence electrons. The van der Waals surface area contributed by atoms with E-state index in [1.807, 2.05) is 0 Å². The van der Waals surface area contributed by atoms with E-state index in [2.05, 4.69) is 54.4 Å². The van der Waals surface area contributed by atoms with Crippen molar-refractivity contribution in [1.82, 2.24) is 0 Å². The van der Waals surface area contributed by atoms with Crippen molar-refractivity contribution in [1.29, 1.82) is 0 Å². The minimum absolute atomic E-state index is 0.429. The first-order chi connectivity index (χ1) is 7.00. The zero-order valence-corrected chi connectivity index (χ0v) is 19.9. The molecule has 9 heteroatoms. The van der Waals surface area contributed by atoms with Gasteiger partial charge in [0.05, 0.1) is 0 Å². The monoisotopic (exact) mass is 591 g/mol. The van der Waals surface area contributed by atoms with Gasteiger partial charge in [0.2, 0.25) is 0 Å². The van der Waals surface area contributed by atoms with Crippen LogP contribution in [0, 0.1) is 0 Å². The van der Waals surface area contributed by atoms with Gasteiger partial charge in [0.1, 0.15) is 0 Å². The number of rotatable bonds is 3. The molecular weight excluding hydrogens is 574 g/mol. The van der Waals surface area contributed by atoms with Gasteiger partial charge in [-0.05, 0) is 0 Å². The average molecular weight is 588 g/mol. The molecule has 4 atom stereocenters. The minimum atomic E-state index is 0.429. The molecule has 2 aromatic rings. The first-order valence-corrected chi connectivity index (χ1v) is 27.5. The molecule has 0 fully saturated rings. The van der Waals surface area contributed by atoms with Crippen LogP contribution < -0.4 is 4.67 Å². The van der Waals surface area contributed by atoms with Gasteiger partial charge in [-0.2, -0.15) is 0 Å². The van der Waals surface area contributed by atoms with Crippen molar-refractivity contribution in [3.8, 4) is 0 Å². The molecule has 1 nitrogen and oxygen atoms in total. The molecule has 2 aromatic heterocycles. The summed E-state index contributed by atoms with van der Waals surface area (Å²) >= 11 is 6.29. The molecule has 2 heterocycles. The second-order valence-electron chi connectivity index (χ2n) is 3.77. The molecule has 0 radical (unpaired) electrons. The van der Waals surface area contributed by atoms with Crippen LogP contribution in [0.3, 0.4) is 0 Å². The van der Waals surface area contributed by atoms with E-state index in [1.54, 1.807) is 0 Å². The fourth-order valence-corrected chi connectivity index (χ4v) is 271. The Morgan fingerprint density at radius 3 is 1.87 bits per heavy atom. The van der Waals surface area contributed by atoms with Gasteiger partial charge in [-0.25, -0.2) is 0 Å². The Morgan fingerprint density at radius 1 is 0.933 bits per heavy atom. The summed E-state index contributed by atoms with van der Waals surface area (Å²) in [5.41, 5.74) is 0. The fraction of sp³-hybridized carbons (Fsp3) is 1.00. The maximum atomic E-state index is 2.94. The number of hydrogen-bond donors (Lipinski definition) is 0. The summed E-state index contributed by atoms with van der Waals surface area (Å²) in [4.78, 5) is 0. The number of nitrogens with zero attached hydrogens (tertiary/aromatic N) is 1. The van der Waals surface area contributed by atoms with Gasteiger partial charge in [-0.1, -0.05) is 0 Å². The second-order valence-corrected chi connectivity index (χ2v) is 63.3. The molecule has 2 bridgehead atoms. The van der Waals surface area contributed by atoms with Crippen molar-refractivity contribution in [2.45, 2.75) is 39.8 Å². The molecule has 0 aliphatic heterocycles. The topological polar surface area (TPSA) is 3.24 Å². The molecule has 0 aliphatic rings. The van der Waals surface area contributed by atoms with Crippen LogP contribution in [0.5, 0.6) is 0 Å². The van der Waals surface area contributed by atoms with Crippen molar-refractivity contribution in [2.24, 2.45) is 0 Å². The average Bonchev–Trinajstić information content (AvgIpc) is 2.61. The van der Waals surface area contributed by atoms with Crippen LogP contribution in [-0.2, 0) is 0 Å². The summed E-state index contributed by atoms with van der Waals surface area (Å²) in [6.45, 7) is 9.67. The zero-order valence-electron chi connectivity index (χ0n) is 8.99. The summed E-state index contributed by atoms with van der Waals surface area (Å²) in [5, 5.41) is 0. The van der Waals surface area contributed by atoms with Crippen LogP contribution in [-0.4, -0.2) is 52.8 Å². The molecule has 4 unspecified atom stereocenters. The van der Waals surface area contributed by atoms with Gasteiger partial charge in [0.15, 0.2) is 0 Å². The number of halogens is 1. The molecular formula is C6H14INP4Se3. The first-order valence-electron chi connectivity index (χ1n) is 4.69. The normalized spacial score (nSPS) is 17.6. The van der Waals surface area contributed by atoms with E-state index in [0.717, 1.165) is 39.3 Å². The van der Waals surface area contributed by atoms with Crippen LogP contribution in [0.25, 0.3) is 0 Å². The summed E-state index contributed by atoms with van der Waals surface area (Å²) in [6.07, 6.45) is 0. The molecule has 0 saturated heterocycles. The third kappa shape index (κ3) is 3.31. The predicted molar refractivity (Wildman–Crippen MR) is 92.1 cm³/mol. The van der Waals surface area contributed by atoms with Gasteiger partial charge in [0, 0.05) is 0 Å². The Bertz CT molecular complexity index is 453. The Balaban J connectivity index is 2.43. The molecule has 2 rings (SSSR count). The number of fused-ring (bicyclic) bond motifs is 2. The van der Waals surface area contributed by atoms with Crippen molar-refractivity contribution in [2.75, 3.05) is 4.67 Å². The van der Waals surface area contributed by atoms with Gasteiger partial charge in [0.25, 0.3) is 0 Å². The zero-order chi connectivity index (χ0) is 11.2. The van der Waals surface area contributed by atoms with E-state index in [-0.39, 0.29) is 0 Å². The standard InChI is InChI=1S/C6H14INP4Se3/c1-5(2)8(6(3)4)10-12-13-9(7)11(14-10)15-12/h5-6H,1-4H3.